The third kappa shape index (κ3) is 5.40. The maximum atomic E-state index is 11.1. The number of carbonyl (C=O) groups is 1. The van der Waals surface area contributed by atoms with Gasteiger partial charge in [0.1, 0.15) is 11.0 Å². The molecule has 17 heavy (non-hydrogen) atoms. The zero-order chi connectivity index (χ0) is 12.7. The molecule has 0 radical (unpaired) electrons. The number of nitrogen functional groups attached to an aromatic ring is 1. The van der Waals surface area contributed by atoms with Gasteiger partial charge in [-0.25, -0.2) is 4.98 Å². The number of nitrogens with one attached hydrogen (secondary N) is 1. The van der Waals surface area contributed by atoms with Gasteiger partial charge in [0.25, 0.3) is 0 Å². The Bertz CT molecular complexity index is 365. The molecule has 0 fully saturated rings. The van der Waals surface area contributed by atoms with E-state index in [2.05, 4.69) is 10.3 Å². The number of halogens is 1. The molecule has 5 nitrogen and oxygen atoms in total. The van der Waals surface area contributed by atoms with Gasteiger partial charge in [0, 0.05) is 24.7 Å². The van der Waals surface area contributed by atoms with Crippen LogP contribution >= 0.6 is 11.6 Å². The van der Waals surface area contributed by atoms with Crippen LogP contribution in [-0.4, -0.2) is 24.1 Å². The number of nitrogens with two attached hydrogens (primary N) is 1. The minimum absolute atomic E-state index is 0.187. The quantitative estimate of drug-likeness (QED) is 0.463. The summed E-state index contributed by atoms with van der Waals surface area (Å²) in [6, 6.07) is 3.27. The molecule has 0 aliphatic rings. The highest BCUT2D eigenvalue weighted by Gasteiger charge is 2.02. The Morgan fingerprint density at radius 1 is 1.59 bits per heavy atom. The third-order valence-corrected chi connectivity index (χ3v) is 2.18. The lowest BCUT2D eigenvalue weighted by molar-refractivity contribution is -0.143. The second-order valence-corrected chi connectivity index (χ2v) is 3.83. The predicted octanol–water partition coefficient (Wildman–Crippen LogP) is 2.07. The Hall–Kier alpha value is -1.49. The Morgan fingerprint density at radius 2 is 2.35 bits per heavy atom. The van der Waals surface area contributed by atoms with Crippen molar-refractivity contribution in [1.29, 1.82) is 0 Å². The summed E-state index contributed by atoms with van der Waals surface area (Å²) in [5, 5.41) is 3.39. The molecule has 1 rings (SSSR count). The topological polar surface area (TPSA) is 77.2 Å². The van der Waals surface area contributed by atoms with E-state index in [1.807, 2.05) is 0 Å². The first kappa shape index (κ1) is 13.6. The van der Waals surface area contributed by atoms with E-state index in [0.717, 1.165) is 0 Å². The number of nitrogens with zero attached hydrogens (tertiary/aromatic N) is 1. The number of anilines is 2. The molecule has 94 valence electrons. The summed E-state index contributed by atoms with van der Waals surface area (Å²) in [7, 11) is 0. The maximum Gasteiger partial charge on any atom is 0.305 e. The summed E-state index contributed by atoms with van der Waals surface area (Å²) in [4.78, 5) is 15.1. The Balaban J connectivity index is 2.28. The summed E-state index contributed by atoms with van der Waals surface area (Å²) < 4.78 is 4.81. The largest absolute Gasteiger partial charge is 0.466 e. The summed E-state index contributed by atoms with van der Waals surface area (Å²) in [5.74, 6) is 0.423. The van der Waals surface area contributed by atoms with Gasteiger partial charge in [-0.2, -0.15) is 0 Å². The van der Waals surface area contributed by atoms with Gasteiger partial charge in [0.15, 0.2) is 0 Å². The lowest BCUT2D eigenvalue weighted by atomic mass is 10.3. The van der Waals surface area contributed by atoms with Crippen LogP contribution in [0.1, 0.15) is 19.8 Å². The predicted molar refractivity (Wildman–Crippen MR) is 68.0 cm³/mol. The van der Waals surface area contributed by atoms with Crippen molar-refractivity contribution in [3.8, 4) is 0 Å². The molecule has 1 aromatic heterocycles. The SMILES string of the molecule is CCOC(=O)CCCNc1cc(N)cc(Cl)n1. The summed E-state index contributed by atoms with van der Waals surface area (Å²) in [6.45, 7) is 2.82. The van der Waals surface area contributed by atoms with Gasteiger partial charge in [0.2, 0.25) is 0 Å². The summed E-state index contributed by atoms with van der Waals surface area (Å²) in [5.41, 5.74) is 6.17. The van der Waals surface area contributed by atoms with Crippen LogP contribution in [0.5, 0.6) is 0 Å². The summed E-state index contributed by atoms with van der Waals surface area (Å²) in [6.07, 6.45) is 1.06. The van der Waals surface area contributed by atoms with Crippen molar-refractivity contribution < 1.29 is 9.53 Å². The average Bonchev–Trinajstić information content (AvgIpc) is 2.23. The Morgan fingerprint density at radius 3 is 3.00 bits per heavy atom. The van der Waals surface area contributed by atoms with E-state index in [9.17, 15) is 4.79 Å². The van der Waals surface area contributed by atoms with Crippen molar-refractivity contribution in [3.05, 3.63) is 17.3 Å². The lowest BCUT2D eigenvalue weighted by Crippen LogP contribution is -2.09. The van der Waals surface area contributed by atoms with Crippen LogP contribution in [0.25, 0.3) is 0 Å². The van der Waals surface area contributed by atoms with E-state index in [1.165, 1.54) is 0 Å². The fourth-order valence-electron chi connectivity index (χ4n) is 1.29. The van der Waals surface area contributed by atoms with Crippen LogP contribution in [0.3, 0.4) is 0 Å². The molecule has 0 amide bonds. The summed E-state index contributed by atoms with van der Waals surface area (Å²) >= 11 is 5.75. The second-order valence-electron chi connectivity index (χ2n) is 3.44. The molecule has 0 aliphatic carbocycles. The molecule has 0 atom stereocenters. The maximum absolute atomic E-state index is 11.1. The van der Waals surface area contributed by atoms with Gasteiger partial charge in [-0.1, -0.05) is 11.6 Å². The molecule has 3 N–H and O–H groups in total. The smallest absolute Gasteiger partial charge is 0.305 e. The molecule has 0 aliphatic heterocycles. The first-order valence-corrected chi connectivity index (χ1v) is 5.82. The first-order valence-electron chi connectivity index (χ1n) is 5.44. The number of rotatable bonds is 6. The highest BCUT2D eigenvalue weighted by molar-refractivity contribution is 6.29. The highest BCUT2D eigenvalue weighted by Crippen LogP contribution is 2.15. The molecule has 0 unspecified atom stereocenters. The normalized spacial score (nSPS) is 10.0. The van der Waals surface area contributed by atoms with Crippen molar-refractivity contribution in [2.24, 2.45) is 0 Å². The number of hydrogen-bond acceptors (Lipinski definition) is 5. The molecule has 0 saturated heterocycles. The van der Waals surface area contributed by atoms with Gasteiger partial charge in [-0.05, 0) is 19.4 Å². The van der Waals surface area contributed by atoms with Crippen LogP contribution in [0, 0.1) is 0 Å². The first-order chi connectivity index (χ1) is 8.11. The van der Waals surface area contributed by atoms with E-state index in [4.69, 9.17) is 22.1 Å². The van der Waals surface area contributed by atoms with Crippen molar-refractivity contribution in [2.45, 2.75) is 19.8 Å². The minimum Gasteiger partial charge on any atom is -0.466 e. The molecule has 1 heterocycles. The number of esters is 1. The average molecular weight is 258 g/mol. The monoisotopic (exact) mass is 257 g/mol. The van der Waals surface area contributed by atoms with Crippen molar-refractivity contribution in [1.82, 2.24) is 4.98 Å². The highest BCUT2D eigenvalue weighted by atomic mass is 35.5. The van der Waals surface area contributed by atoms with Gasteiger partial charge in [-0.3, -0.25) is 4.79 Å². The van der Waals surface area contributed by atoms with Crippen LogP contribution in [-0.2, 0) is 9.53 Å². The van der Waals surface area contributed by atoms with Crippen molar-refractivity contribution >= 4 is 29.1 Å². The second kappa shape index (κ2) is 6.96. The van der Waals surface area contributed by atoms with E-state index in [1.54, 1.807) is 19.1 Å². The Labute approximate surface area is 105 Å². The van der Waals surface area contributed by atoms with Crippen molar-refractivity contribution in [2.75, 3.05) is 24.2 Å². The van der Waals surface area contributed by atoms with Gasteiger partial charge < -0.3 is 15.8 Å². The molecule has 1 aromatic rings. The third-order valence-electron chi connectivity index (χ3n) is 1.99. The van der Waals surface area contributed by atoms with Crippen molar-refractivity contribution in [3.63, 3.8) is 0 Å². The van der Waals surface area contributed by atoms with Crippen LogP contribution in [0.4, 0.5) is 11.5 Å². The van der Waals surface area contributed by atoms with Gasteiger partial charge in [-0.15, -0.1) is 0 Å². The fraction of sp³-hybridized carbons (Fsp3) is 0.455. The molecule has 0 saturated carbocycles. The number of ether oxygens (including phenoxy) is 1. The van der Waals surface area contributed by atoms with Crippen LogP contribution in [0.2, 0.25) is 5.15 Å². The standard InChI is InChI=1S/C11H16ClN3O2/c1-2-17-11(16)4-3-5-14-10-7-8(13)6-9(12)15-10/h6-7H,2-5H2,1H3,(H3,13,14,15). The van der Waals surface area contributed by atoms with E-state index in [-0.39, 0.29) is 5.97 Å². The van der Waals surface area contributed by atoms with Crippen LogP contribution < -0.4 is 11.1 Å². The molecule has 0 spiro atoms. The van der Waals surface area contributed by atoms with Gasteiger partial charge in [0.05, 0.1) is 6.61 Å². The number of carbonyl (C=O) groups excluding carboxylic acids is 1. The van der Waals surface area contributed by atoms with Crippen LogP contribution in [0.15, 0.2) is 12.1 Å². The van der Waals surface area contributed by atoms with Gasteiger partial charge >= 0.3 is 5.97 Å². The van der Waals surface area contributed by atoms with E-state index >= 15 is 0 Å². The number of aromatic nitrogens is 1. The minimum atomic E-state index is -0.187. The zero-order valence-corrected chi connectivity index (χ0v) is 10.5. The molecule has 0 aromatic carbocycles. The zero-order valence-electron chi connectivity index (χ0n) is 9.70. The van der Waals surface area contributed by atoms with E-state index in [0.29, 0.717) is 42.7 Å². The lowest BCUT2D eigenvalue weighted by Gasteiger charge is -2.06. The molecular weight excluding hydrogens is 242 g/mol. The Kier molecular flexibility index (Phi) is 5.56. The molecule has 0 bridgehead atoms. The molecule has 6 heteroatoms. The fourth-order valence-corrected chi connectivity index (χ4v) is 1.51. The molecular formula is C11H16ClN3O2. The van der Waals surface area contributed by atoms with E-state index < -0.39 is 0 Å². The number of pyridine rings is 1. The number of hydrogen-bond donors (Lipinski definition) is 2.